The number of piperidine rings is 2. The highest BCUT2D eigenvalue weighted by atomic mass is 32.2. The fourth-order valence-corrected chi connectivity index (χ4v) is 9.05. The van der Waals surface area contributed by atoms with Gasteiger partial charge in [0.15, 0.2) is 0 Å². The number of aromatic nitrogens is 3. The first kappa shape index (κ1) is 36.2. The number of fused-ring (bicyclic) bond motifs is 1. The van der Waals surface area contributed by atoms with Crippen LogP contribution in [0.1, 0.15) is 54.1 Å². The van der Waals surface area contributed by atoms with E-state index in [-0.39, 0.29) is 24.5 Å². The summed E-state index contributed by atoms with van der Waals surface area (Å²) in [7, 11) is -3.53. The molecule has 3 aromatic rings. The van der Waals surface area contributed by atoms with Crippen LogP contribution in [0.4, 0.5) is 17.6 Å². The molecule has 5 heterocycles. The molecule has 15 heteroatoms. The van der Waals surface area contributed by atoms with Gasteiger partial charge in [0.25, 0.3) is 0 Å². The molecule has 0 amide bonds. The Hall–Kier alpha value is -2.56. The minimum atomic E-state index is -4.56. The fourth-order valence-electron chi connectivity index (χ4n) is 7.15. The quantitative estimate of drug-likeness (QED) is 0.217. The summed E-state index contributed by atoms with van der Waals surface area (Å²) in [5.41, 5.74) is 2.66. The van der Waals surface area contributed by atoms with E-state index in [1.807, 2.05) is 18.3 Å². The van der Waals surface area contributed by atoms with Gasteiger partial charge in [-0.3, -0.25) is 9.67 Å². The molecule has 0 radical (unpaired) electrons. The number of aliphatic hydroxyl groups excluding tert-OH is 1. The lowest BCUT2D eigenvalue weighted by Crippen LogP contribution is -2.40. The second-order valence-corrected chi connectivity index (χ2v) is 16.5. The molecule has 3 aliphatic heterocycles. The second-order valence-electron chi connectivity index (χ2n) is 13.4. The van der Waals surface area contributed by atoms with Gasteiger partial charge in [-0.2, -0.15) is 22.6 Å². The number of alkyl halides is 4. The second kappa shape index (κ2) is 15.4. The normalized spacial score (nSPS) is 20.0. The Morgan fingerprint density at radius 2 is 1.73 bits per heavy atom. The van der Waals surface area contributed by atoms with Gasteiger partial charge in [0.2, 0.25) is 10.0 Å². The van der Waals surface area contributed by atoms with Crippen molar-refractivity contribution in [3.63, 3.8) is 0 Å². The monoisotopic (exact) mass is 724 g/mol. The number of likely N-dealkylation sites (tertiary alicyclic amines) is 2. The van der Waals surface area contributed by atoms with Gasteiger partial charge in [-0.25, -0.2) is 12.8 Å². The zero-order chi connectivity index (χ0) is 34.8. The average Bonchev–Trinajstić information content (AvgIpc) is 3.43. The third kappa shape index (κ3) is 9.03. The maximum absolute atomic E-state index is 14.1. The van der Waals surface area contributed by atoms with Crippen LogP contribution in [0, 0.1) is 0 Å². The molecule has 1 atom stereocenters. The van der Waals surface area contributed by atoms with Crippen molar-refractivity contribution in [1.82, 2.24) is 28.9 Å². The van der Waals surface area contributed by atoms with E-state index in [1.165, 1.54) is 16.4 Å². The SMILES string of the molecule is CS(=O)(=O)N1CCc2c(c(-c3ccc(C(F)(F)F)c(SCCN4CCC(F)CC4)c3)nn2CC(O)CN2CCC(c3ccccn3)CC2)C1. The van der Waals surface area contributed by atoms with Crippen molar-refractivity contribution >= 4 is 21.8 Å². The van der Waals surface area contributed by atoms with E-state index in [1.54, 1.807) is 4.68 Å². The van der Waals surface area contributed by atoms with Crippen molar-refractivity contribution in [2.75, 3.05) is 57.8 Å². The number of nitrogens with zero attached hydrogens (tertiary/aromatic N) is 6. The van der Waals surface area contributed by atoms with E-state index >= 15 is 0 Å². The van der Waals surface area contributed by atoms with Crippen LogP contribution in [0.5, 0.6) is 0 Å². The van der Waals surface area contributed by atoms with Crippen LogP contribution in [-0.4, -0.2) is 112 Å². The molecule has 2 saturated heterocycles. The molecular weight excluding hydrogens is 681 g/mol. The van der Waals surface area contributed by atoms with Crippen molar-refractivity contribution in [2.24, 2.45) is 0 Å². The summed E-state index contributed by atoms with van der Waals surface area (Å²) >= 11 is 1.11. The molecule has 9 nitrogen and oxygen atoms in total. The van der Waals surface area contributed by atoms with Crippen LogP contribution in [0.25, 0.3) is 11.3 Å². The minimum Gasteiger partial charge on any atom is -0.390 e. The van der Waals surface area contributed by atoms with Gasteiger partial charge in [-0.15, -0.1) is 11.8 Å². The number of rotatable bonds is 11. The van der Waals surface area contributed by atoms with Gasteiger partial charge < -0.3 is 14.9 Å². The molecule has 3 aliphatic rings. The number of hydrogen-bond acceptors (Lipinski definition) is 8. The molecule has 2 fully saturated rings. The summed E-state index contributed by atoms with van der Waals surface area (Å²) in [6, 6.07) is 9.92. The Bertz CT molecular complexity index is 1670. The van der Waals surface area contributed by atoms with Crippen LogP contribution in [0.15, 0.2) is 47.5 Å². The molecule has 0 saturated carbocycles. The van der Waals surface area contributed by atoms with Gasteiger partial charge in [0.05, 0.1) is 30.2 Å². The standard InChI is InChI=1S/C34H44F4N6O3S2/c1-49(46,47)43-17-11-31-28(23-43)33(40-44(31)22-27(45)21-42-13-7-24(8-14-42)30-4-2-3-12-39-30)25-5-6-29(34(36,37)38)32(20-25)48-19-18-41-15-9-26(35)10-16-41/h2-6,12,20,24,26-27,45H,7-11,13-19,21-23H2,1H3. The van der Waals surface area contributed by atoms with Crippen molar-refractivity contribution in [2.45, 2.75) is 74.5 Å². The molecule has 1 N–H and O–H groups in total. The maximum atomic E-state index is 14.1. The Morgan fingerprint density at radius 1 is 1.00 bits per heavy atom. The lowest BCUT2D eigenvalue weighted by molar-refractivity contribution is -0.139. The van der Waals surface area contributed by atoms with Gasteiger partial charge in [0.1, 0.15) is 6.17 Å². The van der Waals surface area contributed by atoms with Crippen LogP contribution >= 0.6 is 11.8 Å². The Morgan fingerprint density at radius 3 is 2.41 bits per heavy atom. The minimum absolute atomic E-state index is 0.0503. The lowest BCUT2D eigenvalue weighted by atomic mass is 9.93. The van der Waals surface area contributed by atoms with Gasteiger partial charge in [-0.1, -0.05) is 12.1 Å². The lowest BCUT2D eigenvalue weighted by Gasteiger charge is -2.33. The third-order valence-electron chi connectivity index (χ3n) is 9.86. The first-order valence-electron chi connectivity index (χ1n) is 16.9. The Balaban J connectivity index is 1.21. The molecule has 2 aromatic heterocycles. The highest BCUT2D eigenvalue weighted by molar-refractivity contribution is 7.99. The highest BCUT2D eigenvalue weighted by Crippen LogP contribution is 2.40. The maximum Gasteiger partial charge on any atom is 0.417 e. The summed E-state index contributed by atoms with van der Waals surface area (Å²) in [6.45, 7) is 4.29. The molecular formula is C34H44F4N6O3S2. The molecule has 49 heavy (non-hydrogen) atoms. The van der Waals surface area contributed by atoms with E-state index < -0.39 is 34.0 Å². The van der Waals surface area contributed by atoms with Gasteiger partial charge in [-0.05, 0) is 63.0 Å². The van der Waals surface area contributed by atoms with E-state index in [4.69, 9.17) is 5.10 Å². The molecule has 1 unspecified atom stereocenters. The zero-order valence-corrected chi connectivity index (χ0v) is 29.3. The van der Waals surface area contributed by atoms with Crippen molar-refractivity contribution in [1.29, 1.82) is 0 Å². The summed E-state index contributed by atoms with van der Waals surface area (Å²) in [5, 5.41) is 16.0. The van der Waals surface area contributed by atoms with Crippen LogP contribution in [-0.2, 0) is 35.7 Å². The van der Waals surface area contributed by atoms with Gasteiger partial charge in [0, 0.05) is 91.0 Å². The van der Waals surface area contributed by atoms with E-state index in [0.29, 0.717) is 73.9 Å². The predicted molar refractivity (Wildman–Crippen MR) is 182 cm³/mol. The number of thioether (sulfide) groups is 1. The number of benzene rings is 1. The van der Waals surface area contributed by atoms with Gasteiger partial charge >= 0.3 is 6.18 Å². The van der Waals surface area contributed by atoms with Crippen LogP contribution in [0.2, 0.25) is 0 Å². The summed E-state index contributed by atoms with van der Waals surface area (Å²) < 4.78 is 84.1. The molecule has 0 bridgehead atoms. The summed E-state index contributed by atoms with van der Waals surface area (Å²) in [4.78, 5) is 8.87. The molecule has 6 rings (SSSR count). The number of pyridine rings is 1. The first-order chi connectivity index (χ1) is 23.3. The number of aliphatic hydroxyl groups is 1. The summed E-state index contributed by atoms with van der Waals surface area (Å²) in [6.07, 6.45) is -0.0545. The molecule has 0 aliphatic carbocycles. The number of β-amino-alcohol motifs (C(OH)–C–C–N with tert-alkyl or cyclic N) is 1. The smallest absolute Gasteiger partial charge is 0.390 e. The molecule has 1 aromatic carbocycles. The highest BCUT2D eigenvalue weighted by Gasteiger charge is 2.35. The van der Waals surface area contributed by atoms with E-state index in [9.17, 15) is 31.1 Å². The number of sulfonamides is 1. The van der Waals surface area contributed by atoms with E-state index in [0.717, 1.165) is 61.4 Å². The van der Waals surface area contributed by atoms with Crippen LogP contribution in [0.3, 0.4) is 0 Å². The number of halogens is 4. The molecule has 268 valence electrons. The molecule has 0 spiro atoms. The fraction of sp³-hybridized carbons (Fsp3) is 0.588. The first-order valence-corrected chi connectivity index (χ1v) is 19.7. The van der Waals surface area contributed by atoms with E-state index in [2.05, 4.69) is 20.9 Å². The largest absolute Gasteiger partial charge is 0.417 e. The third-order valence-corrected chi connectivity index (χ3v) is 12.1. The van der Waals surface area contributed by atoms with Crippen molar-refractivity contribution in [3.8, 4) is 11.3 Å². The Labute approximate surface area is 289 Å². The predicted octanol–water partition coefficient (Wildman–Crippen LogP) is 5.05. The topological polar surface area (TPSA) is 94.8 Å². The average molecular weight is 725 g/mol. The zero-order valence-electron chi connectivity index (χ0n) is 27.7. The van der Waals surface area contributed by atoms with Crippen molar-refractivity contribution < 1.29 is 31.1 Å². The summed E-state index contributed by atoms with van der Waals surface area (Å²) in [5.74, 6) is 0.789. The van der Waals surface area contributed by atoms with Crippen LogP contribution < -0.4 is 0 Å². The Kier molecular flexibility index (Phi) is 11.4. The number of hydrogen-bond donors (Lipinski definition) is 1. The van der Waals surface area contributed by atoms with Crippen molar-refractivity contribution in [3.05, 3.63) is 65.1 Å².